The standard InChI is InChI=1S/C15H23N/c1-9-8-14(12(4)11(3)10(9)2)15(6-7-15)13(5)16/h8,13H,6-7,16H2,1-5H3. The van der Waals surface area contributed by atoms with Gasteiger partial charge in [0.05, 0.1) is 0 Å². The molecule has 1 atom stereocenters. The molecule has 1 aliphatic rings. The molecule has 0 bridgehead atoms. The summed E-state index contributed by atoms with van der Waals surface area (Å²) in [5, 5.41) is 0. The largest absolute Gasteiger partial charge is 0.327 e. The van der Waals surface area contributed by atoms with Crippen LogP contribution in [0.5, 0.6) is 0 Å². The fourth-order valence-corrected chi connectivity index (χ4v) is 2.83. The van der Waals surface area contributed by atoms with E-state index in [2.05, 4.69) is 40.7 Å². The molecule has 88 valence electrons. The van der Waals surface area contributed by atoms with E-state index < -0.39 is 0 Å². The molecule has 1 saturated carbocycles. The molecule has 2 N–H and O–H groups in total. The zero-order valence-corrected chi connectivity index (χ0v) is 11.1. The molecule has 0 amide bonds. The van der Waals surface area contributed by atoms with Crippen LogP contribution >= 0.6 is 0 Å². The SMILES string of the molecule is Cc1cc(C2(C(C)N)CC2)c(C)c(C)c1C. The highest BCUT2D eigenvalue weighted by molar-refractivity contribution is 5.49. The molecular formula is C15H23N. The van der Waals surface area contributed by atoms with E-state index in [4.69, 9.17) is 5.73 Å². The summed E-state index contributed by atoms with van der Waals surface area (Å²) in [4.78, 5) is 0. The number of aryl methyl sites for hydroxylation is 1. The molecule has 1 fully saturated rings. The summed E-state index contributed by atoms with van der Waals surface area (Å²) in [7, 11) is 0. The maximum Gasteiger partial charge on any atom is 0.0108 e. The zero-order chi connectivity index (χ0) is 12.1. The van der Waals surface area contributed by atoms with E-state index in [1.54, 1.807) is 0 Å². The normalized spacial score (nSPS) is 19.6. The summed E-state index contributed by atoms with van der Waals surface area (Å²) < 4.78 is 0. The number of hydrogen-bond acceptors (Lipinski definition) is 1. The fourth-order valence-electron chi connectivity index (χ4n) is 2.83. The molecule has 1 nitrogen and oxygen atoms in total. The second kappa shape index (κ2) is 3.59. The van der Waals surface area contributed by atoms with Gasteiger partial charge >= 0.3 is 0 Å². The summed E-state index contributed by atoms with van der Waals surface area (Å²) in [6, 6.07) is 2.64. The Morgan fingerprint density at radius 3 is 2.06 bits per heavy atom. The Hall–Kier alpha value is -0.820. The molecule has 1 unspecified atom stereocenters. The van der Waals surface area contributed by atoms with Crippen molar-refractivity contribution in [2.24, 2.45) is 5.73 Å². The first-order chi connectivity index (χ1) is 7.40. The van der Waals surface area contributed by atoms with Crippen LogP contribution in [0.3, 0.4) is 0 Å². The van der Waals surface area contributed by atoms with Gasteiger partial charge in [-0.1, -0.05) is 6.07 Å². The van der Waals surface area contributed by atoms with Gasteiger partial charge in [0.25, 0.3) is 0 Å². The van der Waals surface area contributed by atoms with E-state index in [-0.39, 0.29) is 11.5 Å². The van der Waals surface area contributed by atoms with Crippen LogP contribution in [0.1, 0.15) is 47.6 Å². The van der Waals surface area contributed by atoms with E-state index >= 15 is 0 Å². The van der Waals surface area contributed by atoms with Crippen molar-refractivity contribution in [3.05, 3.63) is 33.9 Å². The van der Waals surface area contributed by atoms with Crippen molar-refractivity contribution in [1.82, 2.24) is 0 Å². The van der Waals surface area contributed by atoms with Crippen LogP contribution in [0.4, 0.5) is 0 Å². The predicted octanol–water partition coefficient (Wildman–Crippen LogP) is 3.30. The van der Waals surface area contributed by atoms with Gasteiger partial charge in [-0.15, -0.1) is 0 Å². The van der Waals surface area contributed by atoms with Gasteiger partial charge in [0.15, 0.2) is 0 Å². The smallest absolute Gasteiger partial charge is 0.0108 e. The van der Waals surface area contributed by atoms with Gasteiger partial charge in [-0.05, 0) is 75.3 Å². The van der Waals surface area contributed by atoms with E-state index in [1.165, 1.54) is 40.7 Å². The topological polar surface area (TPSA) is 26.0 Å². The second-order valence-corrected chi connectivity index (χ2v) is 5.56. The molecule has 0 spiro atoms. The zero-order valence-electron chi connectivity index (χ0n) is 11.1. The van der Waals surface area contributed by atoms with Crippen LogP contribution in [-0.4, -0.2) is 6.04 Å². The lowest BCUT2D eigenvalue weighted by Gasteiger charge is -2.25. The molecule has 0 aliphatic heterocycles. The van der Waals surface area contributed by atoms with Crippen LogP contribution in [0, 0.1) is 27.7 Å². The molecule has 0 aromatic heterocycles. The minimum Gasteiger partial charge on any atom is -0.327 e. The van der Waals surface area contributed by atoms with Crippen LogP contribution in [0.25, 0.3) is 0 Å². The van der Waals surface area contributed by atoms with Crippen molar-refractivity contribution in [2.45, 2.75) is 58.9 Å². The molecule has 1 aromatic carbocycles. The van der Waals surface area contributed by atoms with E-state index in [0.717, 1.165) is 0 Å². The van der Waals surface area contributed by atoms with Gasteiger partial charge in [0.2, 0.25) is 0 Å². The van der Waals surface area contributed by atoms with Gasteiger partial charge in [-0.25, -0.2) is 0 Å². The van der Waals surface area contributed by atoms with Crippen LogP contribution in [0.15, 0.2) is 6.07 Å². The Labute approximate surface area is 99.0 Å². The summed E-state index contributed by atoms with van der Waals surface area (Å²) in [6.07, 6.45) is 2.51. The van der Waals surface area contributed by atoms with E-state index in [9.17, 15) is 0 Å². The Balaban J connectivity index is 2.59. The molecule has 1 heteroatoms. The Bertz CT molecular complexity index is 426. The lowest BCUT2D eigenvalue weighted by Crippen LogP contribution is -2.32. The molecule has 2 rings (SSSR count). The minimum atomic E-state index is 0.271. The van der Waals surface area contributed by atoms with E-state index in [1.807, 2.05) is 0 Å². The molecule has 0 saturated heterocycles. The van der Waals surface area contributed by atoms with Crippen molar-refractivity contribution < 1.29 is 0 Å². The quantitative estimate of drug-likeness (QED) is 0.808. The molecular weight excluding hydrogens is 194 g/mol. The summed E-state index contributed by atoms with van der Waals surface area (Å²) >= 11 is 0. The van der Waals surface area contributed by atoms with Crippen molar-refractivity contribution >= 4 is 0 Å². The van der Waals surface area contributed by atoms with Crippen molar-refractivity contribution in [3.8, 4) is 0 Å². The summed E-state index contributed by atoms with van der Waals surface area (Å²) in [5.41, 5.74) is 13.7. The van der Waals surface area contributed by atoms with Gasteiger partial charge in [0.1, 0.15) is 0 Å². The number of rotatable bonds is 2. The molecule has 16 heavy (non-hydrogen) atoms. The summed E-state index contributed by atoms with van der Waals surface area (Å²) in [5.74, 6) is 0. The number of hydrogen-bond donors (Lipinski definition) is 1. The molecule has 1 aromatic rings. The van der Waals surface area contributed by atoms with Crippen LogP contribution in [-0.2, 0) is 5.41 Å². The molecule has 0 radical (unpaired) electrons. The minimum absolute atomic E-state index is 0.271. The lowest BCUT2D eigenvalue weighted by molar-refractivity contribution is 0.553. The third-order valence-corrected chi connectivity index (χ3v) is 4.68. The Kier molecular flexibility index (Phi) is 2.62. The lowest BCUT2D eigenvalue weighted by atomic mass is 9.82. The maximum atomic E-state index is 6.17. The first-order valence-electron chi connectivity index (χ1n) is 6.23. The third kappa shape index (κ3) is 1.49. The number of benzene rings is 1. The van der Waals surface area contributed by atoms with Crippen molar-refractivity contribution in [1.29, 1.82) is 0 Å². The van der Waals surface area contributed by atoms with Gasteiger partial charge < -0.3 is 5.73 Å². The molecule has 0 heterocycles. The monoisotopic (exact) mass is 217 g/mol. The van der Waals surface area contributed by atoms with Gasteiger partial charge in [-0.2, -0.15) is 0 Å². The Morgan fingerprint density at radius 1 is 1.06 bits per heavy atom. The van der Waals surface area contributed by atoms with Gasteiger partial charge in [0, 0.05) is 11.5 Å². The van der Waals surface area contributed by atoms with Gasteiger partial charge in [-0.3, -0.25) is 0 Å². The highest BCUT2D eigenvalue weighted by Crippen LogP contribution is 2.52. The van der Waals surface area contributed by atoms with Crippen molar-refractivity contribution in [2.75, 3.05) is 0 Å². The third-order valence-electron chi connectivity index (χ3n) is 4.68. The fraction of sp³-hybridized carbons (Fsp3) is 0.600. The second-order valence-electron chi connectivity index (χ2n) is 5.56. The predicted molar refractivity (Wildman–Crippen MR) is 70.0 cm³/mol. The molecule has 1 aliphatic carbocycles. The average Bonchev–Trinajstić information content (AvgIpc) is 3.01. The maximum absolute atomic E-state index is 6.17. The van der Waals surface area contributed by atoms with E-state index in [0.29, 0.717) is 0 Å². The van der Waals surface area contributed by atoms with Crippen LogP contribution < -0.4 is 5.73 Å². The highest BCUT2D eigenvalue weighted by atomic mass is 14.7. The first kappa shape index (κ1) is 11.7. The van der Waals surface area contributed by atoms with Crippen LogP contribution in [0.2, 0.25) is 0 Å². The number of nitrogens with two attached hydrogens (primary N) is 1. The summed E-state index contributed by atoms with van der Waals surface area (Å²) in [6.45, 7) is 11.1. The first-order valence-corrected chi connectivity index (χ1v) is 6.23. The highest BCUT2D eigenvalue weighted by Gasteiger charge is 2.48. The van der Waals surface area contributed by atoms with Crippen molar-refractivity contribution in [3.63, 3.8) is 0 Å². The average molecular weight is 217 g/mol. The Morgan fingerprint density at radius 2 is 1.62 bits per heavy atom.